The van der Waals surface area contributed by atoms with Crippen LogP contribution in [-0.4, -0.2) is 56.9 Å². The highest BCUT2D eigenvalue weighted by atomic mass is 16.5. The van der Waals surface area contributed by atoms with E-state index in [0.717, 1.165) is 12.8 Å². The maximum absolute atomic E-state index is 13.2. The predicted octanol–water partition coefficient (Wildman–Crippen LogP) is 1.38. The zero-order chi connectivity index (χ0) is 25.0. The number of benzene rings is 1. The first kappa shape index (κ1) is 24.6. The van der Waals surface area contributed by atoms with E-state index in [-0.39, 0.29) is 18.3 Å². The number of aliphatic carboxylic acids is 1. The molecule has 0 atom stereocenters. The van der Waals surface area contributed by atoms with Crippen LogP contribution >= 0.6 is 0 Å². The first-order valence-corrected chi connectivity index (χ1v) is 10.9. The molecule has 3 rings (SSSR count). The van der Waals surface area contributed by atoms with Gasteiger partial charge >= 0.3 is 5.97 Å². The van der Waals surface area contributed by atoms with Gasteiger partial charge in [0.05, 0.1) is 11.8 Å². The minimum Gasteiger partial charge on any atom is -0.506 e. The summed E-state index contributed by atoms with van der Waals surface area (Å²) in [6.45, 7) is 3.05. The van der Waals surface area contributed by atoms with Gasteiger partial charge in [-0.15, -0.1) is 0 Å². The van der Waals surface area contributed by atoms with Gasteiger partial charge in [-0.25, -0.2) is 4.57 Å². The molecule has 0 unspecified atom stereocenters. The molecule has 0 bridgehead atoms. The standard InChI is InChI=1S/C23H27N3O8/c1-12(2)34-15-5-3-4-14(10-15)26-22(32)17(20(30)24-9-8-13-6-7-13)19(29)18(23(26)33)21(31)25-11-16(27)28/h3-5,10,12-13,29,32H,6-9,11H2,1-2H3,(H,24,30)(H,25,31)(H,27,28). The largest absolute Gasteiger partial charge is 0.506 e. The molecule has 0 saturated heterocycles. The van der Waals surface area contributed by atoms with Gasteiger partial charge in [-0.1, -0.05) is 18.9 Å². The minimum absolute atomic E-state index is 0.0694. The van der Waals surface area contributed by atoms with E-state index < -0.39 is 52.6 Å². The second-order valence-electron chi connectivity index (χ2n) is 8.29. The molecular formula is C23H27N3O8. The van der Waals surface area contributed by atoms with Crippen molar-refractivity contribution in [2.45, 2.75) is 39.2 Å². The Morgan fingerprint density at radius 3 is 2.41 bits per heavy atom. The summed E-state index contributed by atoms with van der Waals surface area (Å²) in [6.07, 6.45) is 2.67. The molecule has 11 heteroatoms. The first-order chi connectivity index (χ1) is 16.1. The molecule has 0 aliphatic heterocycles. The Morgan fingerprint density at radius 1 is 1.12 bits per heavy atom. The number of amides is 2. The summed E-state index contributed by atoms with van der Waals surface area (Å²) in [4.78, 5) is 49.5. The molecule has 1 heterocycles. The number of carbonyl (C=O) groups is 3. The summed E-state index contributed by atoms with van der Waals surface area (Å²) in [5.74, 6) is -4.50. The molecule has 1 aromatic heterocycles. The maximum atomic E-state index is 13.2. The number of aromatic nitrogens is 1. The van der Waals surface area contributed by atoms with Crippen molar-refractivity contribution in [1.82, 2.24) is 15.2 Å². The van der Waals surface area contributed by atoms with E-state index in [1.54, 1.807) is 26.0 Å². The summed E-state index contributed by atoms with van der Waals surface area (Å²) < 4.78 is 6.30. The fraction of sp³-hybridized carbons (Fsp3) is 0.391. The monoisotopic (exact) mass is 473 g/mol. The maximum Gasteiger partial charge on any atom is 0.322 e. The normalized spacial score (nSPS) is 12.9. The average molecular weight is 473 g/mol. The van der Waals surface area contributed by atoms with Crippen molar-refractivity contribution in [2.24, 2.45) is 5.92 Å². The third kappa shape index (κ3) is 5.66. The van der Waals surface area contributed by atoms with Crippen LogP contribution in [0.2, 0.25) is 0 Å². The zero-order valence-electron chi connectivity index (χ0n) is 18.8. The van der Waals surface area contributed by atoms with E-state index >= 15 is 0 Å². The third-order valence-electron chi connectivity index (χ3n) is 5.16. The number of aromatic hydroxyl groups is 2. The second kappa shape index (κ2) is 10.3. The Morgan fingerprint density at radius 2 is 1.79 bits per heavy atom. The lowest BCUT2D eigenvalue weighted by Crippen LogP contribution is -2.37. The van der Waals surface area contributed by atoms with Crippen LogP contribution in [0, 0.1) is 5.92 Å². The van der Waals surface area contributed by atoms with Crippen LogP contribution in [0.4, 0.5) is 0 Å². The van der Waals surface area contributed by atoms with E-state index in [1.807, 2.05) is 5.32 Å². The number of nitrogens with one attached hydrogen (secondary N) is 2. The number of carboxylic acid groups (broad SMARTS) is 1. The van der Waals surface area contributed by atoms with Crippen LogP contribution in [0.15, 0.2) is 29.1 Å². The number of ether oxygens (including phenoxy) is 1. The van der Waals surface area contributed by atoms with Crippen molar-refractivity contribution in [3.63, 3.8) is 0 Å². The molecule has 182 valence electrons. The van der Waals surface area contributed by atoms with Crippen molar-refractivity contribution in [3.05, 3.63) is 45.7 Å². The van der Waals surface area contributed by atoms with Gasteiger partial charge in [0.15, 0.2) is 5.75 Å². The highest BCUT2D eigenvalue weighted by molar-refractivity contribution is 6.05. The van der Waals surface area contributed by atoms with E-state index in [2.05, 4.69) is 5.32 Å². The molecule has 11 nitrogen and oxygen atoms in total. The number of carbonyl (C=O) groups excluding carboxylic acids is 2. The molecule has 1 aliphatic rings. The second-order valence-corrected chi connectivity index (χ2v) is 8.29. The molecular weight excluding hydrogens is 446 g/mol. The lowest BCUT2D eigenvalue weighted by molar-refractivity contribution is -0.135. The number of nitrogens with zero attached hydrogens (tertiary/aromatic N) is 1. The SMILES string of the molecule is CC(C)Oc1cccc(-n2c(O)c(C(=O)NCCC3CC3)c(O)c(C(=O)NCC(=O)O)c2=O)c1. The third-order valence-corrected chi connectivity index (χ3v) is 5.16. The quantitative estimate of drug-likeness (QED) is 0.345. The number of hydrogen-bond acceptors (Lipinski definition) is 7. The lowest BCUT2D eigenvalue weighted by Gasteiger charge is -2.18. The van der Waals surface area contributed by atoms with Crippen molar-refractivity contribution in [3.8, 4) is 23.1 Å². The summed E-state index contributed by atoms with van der Waals surface area (Å²) in [5, 5.41) is 34.9. The molecule has 34 heavy (non-hydrogen) atoms. The van der Waals surface area contributed by atoms with Crippen molar-refractivity contribution >= 4 is 17.8 Å². The Bertz CT molecular complexity index is 1170. The van der Waals surface area contributed by atoms with Gasteiger partial charge in [0.2, 0.25) is 5.88 Å². The number of hydrogen-bond donors (Lipinski definition) is 5. The topological polar surface area (TPSA) is 167 Å². The fourth-order valence-electron chi connectivity index (χ4n) is 3.40. The number of carboxylic acids is 1. The Balaban J connectivity index is 2.12. The van der Waals surface area contributed by atoms with E-state index in [4.69, 9.17) is 9.84 Å². The van der Waals surface area contributed by atoms with Crippen LogP contribution in [0.25, 0.3) is 5.69 Å². The molecule has 2 amide bonds. The molecule has 0 radical (unpaired) electrons. The van der Waals surface area contributed by atoms with Crippen molar-refractivity contribution in [2.75, 3.05) is 13.1 Å². The molecule has 1 fully saturated rings. The minimum atomic E-state index is -1.37. The molecule has 1 saturated carbocycles. The molecule has 0 spiro atoms. The molecule has 5 N–H and O–H groups in total. The average Bonchev–Trinajstić information content (AvgIpc) is 3.56. The molecule has 1 aliphatic carbocycles. The van der Waals surface area contributed by atoms with Crippen LogP contribution in [-0.2, 0) is 4.79 Å². The van der Waals surface area contributed by atoms with E-state index in [1.165, 1.54) is 12.1 Å². The van der Waals surface area contributed by atoms with Crippen LogP contribution in [0.5, 0.6) is 17.4 Å². The molecule has 1 aromatic carbocycles. The van der Waals surface area contributed by atoms with E-state index in [9.17, 15) is 29.4 Å². The van der Waals surface area contributed by atoms with Crippen molar-refractivity contribution < 1.29 is 34.4 Å². The Labute approximate surface area is 195 Å². The van der Waals surface area contributed by atoms with Crippen LogP contribution in [0.3, 0.4) is 0 Å². The fourth-order valence-corrected chi connectivity index (χ4v) is 3.40. The summed E-state index contributed by atoms with van der Waals surface area (Å²) in [5.41, 5.74) is -2.62. The Hall–Kier alpha value is -4.02. The summed E-state index contributed by atoms with van der Waals surface area (Å²) >= 11 is 0. The zero-order valence-corrected chi connectivity index (χ0v) is 18.8. The van der Waals surface area contributed by atoms with Crippen molar-refractivity contribution in [1.29, 1.82) is 0 Å². The van der Waals surface area contributed by atoms with Gasteiger partial charge < -0.3 is 30.7 Å². The Kier molecular flexibility index (Phi) is 7.44. The predicted molar refractivity (Wildman–Crippen MR) is 121 cm³/mol. The lowest BCUT2D eigenvalue weighted by atomic mass is 10.1. The first-order valence-electron chi connectivity index (χ1n) is 10.9. The highest BCUT2D eigenvalue weighted by Crippen LogP contribution is 2.33. The van der Waals surface area contributed by atoms with Gasteiger partial charge in [-0.05, 0) is 38.3 Å². The van der Waals surface area contributed by atoms with Crippen LogP contribution in [0.1, 0.15) is 53.8 Å². The van der Waals surface area contributed by atoms with Crippen LogP contribution < -0.4 is 20.9 Å². The van der Waals surface area contributed by atoms with Gasteiger partial charge in [0, 0.05) is 12.6 Å². The van der Waals surface area contributed by atoms with E-state index in [0.29, 0.717) is 22.7 Å². The molecule has 2 aromatic rings. The highest BCUT2D eigenvalue weighted by Gasteiger charge is 2.31. The smallest absolute Gasteiger partial charge is 0.322 e. The number of pyridine rings is 1. The van der Waals surface area contributed by atoms with Gasteiger partial charge in [-0.2, -0.15) is 0 Å². The number of rotatable bonds is 10. The van der Waals surface area contributed by atoms with Gasteiger partial charge in [-0.3, -0.25) is 19.2 Å². The van der Waals surface area contributed by atoms with Gasteiger partial charge in [0.25, 0.3) is 17.4 Å². The summed E-state index contributed by atoms with van der Waals surface area (Å²) in [7, 11) is 0. The summed E-state index contributed by atoms with van der Waals surface area (Å²) in [6, 6.07) is 6.04. The van der Waals surface area contributed by atoms with Gasteiger partial charge in [0.1, 0.15) is 23.4 Å².